The zero-order chi connectivity index (χ0) is 12.8. The fourth-order valence-corrected chi connectivity index (χ4v) is 1.68. The van der Waals surface area contributed by atoms with Crippen LogP contribution < -0.4 is 4.74 Å². The first-order valence-corrected chi connectivity index (χ1v) is 5.75. The number of para-hydroxylation sites is 1. The normalized spacial score (nSPS) is 10.3. The SMILES string of the molecule is OCCc1ccccc1Oc1ccncc1CO. The lowest BCUT2D eigenvalue weighted by Gasteiger charge is -2.12. The van der Waals surface area contributed by atoms with Crippen LogP contribution in [0, 0.1) is 0 Å². The van der Waals surface area contributed by atoms with E-state index in [0.29, 0.717) is 23.5 Å². The molecule has 18 heavy (non-hydrogen) atoms. The van der Waals surface area contributed by atoms with Crippen molar-refractivity contribution in [1.29, 1.82) is 0 Å². The van der Waals surface area contributed by atoms with E-state index >= 15 is 0 Å². The van der Waals surface area contributed by atoms with Gasteiger partial charge in [0.15, 0.2) is 0 Å². The molecule has 0 bridgehead atoms. The Bertz CT molecular complexity index is 514. The number of rotatable bonds is 5. The van der Waals surface area contributed by atoms with Gasteiger partial charge in [0.2, 0.25) is 0 Å². The number of nitrogens with zero attached hydrogens (tertiary/aromatic N) is 1. The van der Waals surface area contributed by atoms with Crippen molar-refractivity contribution in [2.75, 3.05) is 6.61 Å². The molecule has 0 spiro atoms. The van der Waals surface area contributed by atoms with Gasteiger partial charge in [0.25, 0.3) is 0 Å². The fraction of sp³-hybridized carbons (Fsp3) is 0.214. The molecule has 0 radical (unpaired) electrons. The predicted molar refractivity (Wildman–Crippen MR) is 67.5 cm³/mol. The van der Waals surface area contributed by atoms with Crippen LogP contribution in [0.5, 0.6) is 11.5 Å². The summed E-state index contributed by atoms with van der Waals surface area (Å²) in [5.74, 6) is 1.27. The van der Waals surface area contributed by atoms with Gasteiger partial charge in [-0.3, -0.25) is 4.98 Å². The molecule has 1 aromatic heterocycles. The van der Waals surface area contributed by atoms with E-state index in [1.165, 1.54) is 0 Å². The minimum atomic E-state index is -0.120. The molecule has 0 amide bonds. The van der Waals surface area contributed by atoms with Crippen LogP contribution in [0.1, 0.15) is 11.1 Å². The van der Waals surface area contributed by atoms with E-state index in [9.17, 15) is 5.11 Å². The molecular weight excluding hydrogens is 230 g/mol. The van der Waals surface area contributed by atoms with E-state index in [2.05, 4.69) is 4.98 Å². The molecule has 0 aliphatic carbocycles. The Labute approximate surface area is 106 Å². The van der Waals surface area contributed by atoms with Crippen LogP contribution >= 0.6 is 0 Å². The van der Waals surface area contributed by atoms with Crippen LogP contribution in [0.4, 0.5) is 0 Å². The quantitative estimate of drug-likeness (QED) is 0.844. The number of benzene rings is 1. The standard InChI is InChI=1S/C14H15NO3/c16-8-6-11-3-1-2-4-13(11)18-14-5-7-15-9-12(14)10-17/h1-5,7,9,16-17H,6,8,10H2. The molecule has 0 aliphatic heterocycles. The summed E-state index contributed by atoms with van der Waals surface area (Å²) in [6.45, 7) is -0.0467. The first kappa shape index (κ1) is 12.5. The Morgan fingerprint density at radius 3 is 2.56 bits per heavy atom. The van der Waals surface area contributed by atoms with E-state index < -0.39 is 0 Å². The van der Waals surface area contributed by atoms with Gasteiger partial charge in [0.1, 0.15) is 11.5 Å². The Balaban J connectivity index is 2.28. The van der Waals surface area contributed by atoms with E-state index in [1.54, 1.807) is 18.5 Å². The van der Waals surface area contributed by atoms with Crippen molar-refractivity contribution in [3.05, 3.63) is 53.9 Å². The minimum absolute atomic E-state index is 0.0730. The number of aromatic nitrogens is 1. The number of aliphatic hydroxyl groups is 2. The van der Waals surface area contributed by atoms with Crippen LogP contribution in [0.3, 0.4) is 0 Å². The molecule has 94 valence electrons. The van der Waals surface area contributed by atoms with Crippen molar-refractivity contribution in [2.45, 2.75) is 13.0 Å². The van der Waals surface area contributed by atoms with Gasteiger partial charge in [0.05, 0.1) is 6.61 Å². The van der Waals surface area contributed by atoms with Crippen LogP contribution in [0.25, 0.3) is 0 Å². The third kappa shape index (κ3) is 2.85. The smallest absolute Gasteiger partial charge is 0.136 e. The number of hydrogen-bond acceptors (Lipinski definition) is 4. The molecule has 2 N–H and O–H groups in total. The lowest BCUT2D eigenvalue weighted by molar-refractivity contribution is 0.275. The summed E-state index contributed by atoms with van der Waals surface area (Å²) in [5.41, 5.74) is 1.57. The Hall–Kier alpha value is -1.91. The second kappa shape index (κ2) is 6.14. The maximum Gasteiger partial charge on any atom is 0.136 e. The van der Waals surface area contributed by atoms with E-state index in [0.717, 1.165) is 5.56 Å². The zero-order valence-corrected chi connectivity index (χ0v) is 9.91. The van der Waals surface area contributed by atoms with Gasteiger partial charge < -0.3 is 14.9 Å². The summed E-state index contributed by atoms with van der Waals surface area (Å²) < 4.78 is 5.77. The first-order valence-electron chi connectivity index (χ1n) is 5.75. The van der Waals surface area contributed by atoms with Crippen molar-refractivity contribution < 1.29 is 14.9 Å². The second-order valence-corrected chi connectivity index (χ2v) is 3.82. The Morgan fingerprint density at radius 1 is 1.00 bits per heavy atom. The third-order valence-electron chi connectivity index (χ3n) is 2.60. The van der Waals surface area contributed by atoms with Gasteiger partial charge in [-0.15, -0.1) is 0 Å². The Morgan fingerprint density at radius 2 is 1.78 bits per heavy atom. The average molecular weight is 245 g/mol. The maximum absolute atomic E-state index is 9.21. The highest BCUT2D eigenvalue weighted by Gasteiger charge is 2.07. The van der Waals surface area contributed by atoms with Crippen molar-refractivity contribution in [2.24, 2.45) is 0 Å². The summed E-state index contributed by atoms with van der Waals surface area (Å²) in [4.78, 5) is 3.94. The predicted octanol–water partition coefficient (Wildman–Crippen LogP) is 1.90. The van der Waals surface area contributed by atoms with Crippen molar-refractivity contribution >= 4 is 0 Å². The molecule has 2 aromatic rings. The Kier molecular flexibility index (Phi) is 4.28. The van der Waals surface area contributed by atoms with Gasteiger partial charge in [-0.2, -0.15) is 0 Å². The van der Waals surface area contributed by atoms with Gasteiger partial charge in [-0.05, 0) is 24.1 Å². The van der Waals surface area contributed by atoms with Crippen molar-refractivity contribution in [3.63, 3.8) is 0 Å². The monoisotopic (exact) mass is 245 g/mol. The molecule has 0 saturated heterocycles. The molecule has 2 rings (SSSR count). The van der Waals surface area contributed by atoms with E-state index in [4.69, 9.17) is 9.84 Å². The van der Waals surface area contributed by atoms with E-state index in [-0.39, 0.29) is 13.2 Å². The highest BCUT2D eigenvalue weighted by molar-refractivity contribution is 5.40. The number of aliphatic hydroxyl groups excluding tert-OH is 2. The summed E-state index contributed by atoms with van der Waals surface area (Å²) in [5, 5.41) is 18.2. The highest BCUT2D eigenvalue weighted by Crippen LogP contribution is 2.27. The lowest BCUT2D eigenvalue weighted by atomic mass is 10.1. The molecule has 4 nitrogen and oxygen atoms in total. The minimum Gasteiger partial charge on any atom is -0.457 e. The highest BCUT2D eigenvalue weighted by atomic mass is 16.5. The largest absolute Gasteiger partial charge is 0.457 e. The molecular formula is C14H15NO3. The van der Waals surface area contributed by atoms with Crippen LogP contribution in [0.2, 0.25) is 0 Å². The van der Waals surface area contributed by atoms with Crippen molar-refractivity contribution in [3.8, 4) is 11.5 Å². The van der Waals surface area contributed by atoms with Crippen LogP contribution in [0.15, 0.2) is 42.7 Å². The van der Waals surface area contributed by atoms with Gasteiger partial charge >= 0.3 is 0 Å². The summed E-state index contributed by atoms with van der Waals surface area (Å²) >= 11 is 0. The lowest BCUT2D eigenvalue weighted by Crippen LogP contribution is -1.97. The van der Waals surface area contributed by atoms with E-state index in [1.807, 2.05) is 24.3 Å². The number of ether oxygens (including phenoxy) is 1. The van der Waals surface area contributed by atoms with Crippen LogP contribution in [-0.2, 0) is 13.0 Å². The van der Waals surface area contributed by atoms with Crippen LogP contribution in [-0.4, -0.2) is 21.8 Å². The molecule has 0 atom stereocenters. The molecule has 4 heteroatoms. The molecule has 0 saturated carbocycles. The van der Waals surface area contributed by atoms with Gasteiger partial charge in [0, 0.05) is 24.6 Å². The second-order valence-electron chi connectivity index (χ2n) is 3.82. The molecule has 0 aliphatic rings. The zero-order valence-electron chi connectivity index (χ0n) is 9.91. The maximum atomic E-state index is 9.21. The van der Waals surface area contributed by atoms with Gasteiger partial charge in [-0.25, -0.2) is 0 Å². The molecule has 0 unspecified atom stereocenters. The first-order chi connectivity index (χ1) is 8.85. The topological polar surface area (TPSA) is 62.6 Å². The third-order valence-corrected chi connectivity index (χ3v) is 2.60. The van der Waals surface area contributed by atoms with Gasteiger partial charge in [-0.1, -0.05) is 18.2 Å². The summed E-state index contributed by atoms with van der Waals surface area (Å²) in [6, 6.07) is 9.23. The average Bonchev–Trinajstić information content (AvgIpc) is 2.42. The molecule has 0 fully saturated rings. The summed E-state index contributed by atoms with van der Waals surface area (Å²) in [7, 11) is 0. The fourth-order valence-electron chi connectivity index (χ4n) is 1.68. The summed E-state index contributed by atoms with van der Waals surface area (Å²) in [6.07, 6.45) is 3.73. The molecule has 1 heterocycles. The van der Waals surface area contributed by atoms with Crippen molar-refractivity contribution in [1.82, 2.24) is 4.98 Å². The molecule has 1 aromatic carbocycles. The number of pyridine rings is 1. The number of hydrogen-bond donors (Lipinski definition) is 2.